The minimum atomic E-state index is 0. The predicted molar refractivity (Wildman–Crippen MR) is 113 cm³/mol. The van der Waals surface area contributed by atoms with Crippen molar-refractivity contribution >= 4 is 43.1 Å². The zero-order valence-electron chi connectivity index (χ0n) is 15.1. The number of rotatable bonds is 6. The quantitative estimate of drug-likeness (QED) is 0.736. The molecule has 0 aliphatic carbocycles. The van der Waals surface area contributed by atoms with Crippen molar-refractivity contribution in [2.45, 2.75) is 44.7 Å². The number of hydrogen-bond acceptors (Lipinski definition) is 4. The fourth-order valence-electron chi connectivity index (χ4n) is 3.55. The highest BCUT2D eigenvalue weighted by Gasteiger charge is 2.22. The molecule has 8 heteroatoms. The molecular weight excluding hydrogens is 395 g/mol. The zero-order valence-corrected chi connectivity index (χ0v) is 17.5. The Morgan fingerprint density at radius 3 is 2.58 bits per heavy atom. The average molecular weight is 426 g/mol. The van der Waals surface area contributed by atoms with Gasteiger partial charge >= 0.3 is 0 Å². The number of piperidine rings is 1. The second-order valence-corrected chi connectivity index (χ2v) is 6.84. The molecule has 2 aliphatic rings. The van der Waals surface area contributed by atoms with Crippen LogP contribution in [-0.4, -0.2) is 48.0 Å². The first-order valence-corrected chi connectivity index (χ1v) is 8.92. The van der Waals surface area contributed by atoms with Gasteiger partial charge in [0.05, 0.1) is 5.69 Å². The molecule has 2 saturated heterocycles. The Kier molecular flexibility index (Phi) is 13.3. The number of halogens is 3. The number of amides is 1. The number of carbonyl (C=O) groups is 1. The van der Waals surface area contributed by atoms with Crippen molar-refractivity contribution in [2.24, 2.45) is 5.92 Å². The summed E-state index contributed by atoms with van der Waals surface area (Å²) >= 11 is 0. The Morgan fingerprint density at radius 1 is 1.19 bits per heavy atom. The van der Waals surface area contributed by atoms with E-state index in [4.69, 9.17) is 0 Å². The van der Waals surface area contributed by atoms with Crippen LogP contribution in [0.25, 0.3) is 0 Å². The maximum atomic E-state index is 12.1. The molecule has 5 nitrogen and oxygen atoms in total. The Balaban J connectivity index is 0.00000208. The van der Waals surface area contributed by atoms with Crippen LogP contribution in [0, 0.1) is 5.92 Å². The lowest BCUT2D eigenvalue weighted by molar-refractivity contribution is -0.122. The van der Waals surface area contributed by atoms with Gasteiger partial charge in [-0.25, -0.2) is 0 Å². The molecule has 1 aromatic heterocycles. The summed E-state index contributed by atoms with van der Waals surface area (Å²) in [4.78, 5) is 18.9. The minimum Gasteiger partial charge on any atom is -0.353 e. The van der Waals surface area contributed by atoms with E-state index >= 15 is 0 Å². The van der Waals surface area contributed by atoms with E-state index in [1.54, 1.807) is 0 Å². The lowest BCUT2D eigenvalue weighted by Crippen LogP contribution is -2.44. The minimum absolute atomic E-state index is 0. The highest BCUT2D eigenvalue weighted by atomic mass is 35.5. The largest absolute Gasteiger partial charge is 0.353 e. The number of likely N-dealkylation sites (tertiary alicyclic amines) is 1. The molecular formula is C18H31Cl3N4O. The fourth-order valence-corrected chi connectivity index (χ4v) is 3.55. The highest BCUT2D eigenvalue weighted by Crippen LogP contribution is 2.16. The molecule has 26 heavy (non-hydrogen) atoms. The number of pyridine rings is 1. The van der Waals surface area contributed by atoms with Crippen LogP contribution in [-0.2, 0) is 11.3 Å². The van der Waals surface area contributed by atoms with E-state index < -0.39 is 0 Å². The number of nitrogens with one attached hydrogen (secondary N) is 2. The van der Waals surface area contributed by atoms with Crippen LogP contribution in [0.5, 0.6) is 0 Å². The van der Waals surface area contributed by atoms with Crippen LogP contribution in [0.4, 0.5) is 0 Å². The Hall–Kier alpha value is -0.590. The second-order valence-electron chi connectivity index (χ2n) is 6.84. The number of aromatic nitrogens is 1. The summed E-state index contributed by atoms with van der Waals surface area (Å²) in [6.45, 7) is 5.18. The van der Waals surface area contributed by atoms with Gasteiger partial charge in [0.15, 0.2) is 0 Å². The van der Waals surface area contributed by atoms with E-state index in [0.717, 1.165) is 57.7 Å². The van der Waals surface area contributed by atoms with Crippen LogP contribution >= 0.6 is 37.2 Å². The smallest absolute Gasteiger partial charge is 0.220 e. The van der Waals surface area contributed by atoms with E-state index in [-0.39, 0.29) is 43.1 Å². The third-order valence-electron chi connectivity index (χ3n) is 5.01. The molecule has 3 rings (SSSR count). The molecule has 1 unspecified atom stereocenters. The molecule has 0 aromatic carbocycles. The van der Waals surface area contributed by atoms with Gasteiger partial charge in [0, 0.05) is 38.3 Å². The van der Waals surface area contributed by atoms with Gasteiger partial charge in [-0.3, -0.25) is 14.7 Å². The normalized spacial score (nSPS) is 20.4. The highest BCUT2D eigenvalue weighted by molar-refractivity contribution is 5.86. The summed E-state index contributed by atoms with van der Waals surface area (Å²) in [7, 11) is 0. The molecule has 150 valence electrons. The van der Waals surface area contributed by atoms with Gasteiger partial charge in [-0.05, 0) is 56.8 Å². The molecule has 3 heterocycles. The lowest BCUT2D eigenvalue weighted by Gasteiger charge is -2.32. The van der Waals surface area contributed by atoms with Crippen molar-refractivity contribution in [2.75, 3.05) is 26.2 Å². The SMILES string of the molecule is Cl.Cl.Cl.O=C(CCC1CCNC1)NC1CCN(Cc2ccccn2)CC1. The topological polar surface area (TPSA) is 57.3 Å². The summed E-state index contributed by atoms with van der Waals surface area (Å²) in [5.74, 6) is 0.932. The number of nitrogens with zero attached hydrogens (tertiary/aromatic N) is 2. The molecule has 1 atom stereocenters. The van der Waals surface area contributed by atoms with E-state index in [0.29, 0.717) is 18.4 Å². The summed E-state index contributed by atoms with van der Waals surface area (Å²) in [6, 6.07) is 6.41. The molecule has 0 spiro atoms. The number of hydrogen-bond donors (Lipinski definition) is 2. The summed E-state index contributed by atoms with van der Waals surface area (Å²) < 4.78 is 0. The molecule has 2 aliphatic heterocycles. The standard InChI is InChI=1S/C18H28N4O.3ClH/c23-18(5-4-15-6-10-19-13-15)21-16-7-11-22(12-8-16)14-17-3-1-2-9-20-17;;;/h1-3,9,15-16,19H,4-8,10-14H2,(H,21,23);3*1H. The third-order valence-corrected chi connectivity index (χ3v) is 5.01. The van der Waals surface area contributed by atoms with Gasteiger partial charge in [-0.2, -0.15) is 0 Å². The maximum absolute atomic E-state index is 12.1. The van der Waals surface area contributed by atoms with Crippen molar-refractivity contribution in [1.82, 2.24) is 20.5 Å². The van der Waals surface area contributed by atoms with Crippen molar-refractivity contribution in [1.29, 1.82) is 0 Å². The predicted octanol–water partition coefficient (Wildman–Crippen LogP) is 2.82. The van der Waals surface area contributed by atoms with Gasteiger partial charge in [0.1, 0.15) is 0 Å². The summed E-state index contributed by atoms with van der Waals surface area (Å²) in [5.41, 5.74) is 1.13. The fraction of sp³-hybridized carbons (Fsp3) is 0.667. The van der Waals surface area contributed by atoms with Gasteiger partial charge in [0.25, 0.3) is 0 Å². The van der Waals surface area contributed by atoms with Crippen LogP contribution in [0.15, 0.2) is 24.4 Å². The number of carbonyl (C=O) groups excluding carboxylic acids is 1. The monoisotopic (exact) mass is 424 g/mol. The van der Waals surface area contributed by atoms with Crippen molar-refractivity contribution in [3.8, 4) is 0 Å². The third kappa shape index (κ3) is 8.40. The van der Waals surface area contributed by atoms with Gasteiger partial charge in [-0.15, -0.1) is 37.2 Å². The first-order valence-electron chi connectivity index (χ1n) is 8.92. The second kappa shape index (κ2) is 13.6. The van der Waals surface area contributed by atoms with Crippen LogP contribution in [0.2, 0.25) is 0 Å². The molecule has 2 N–H and O–H groups in total. The zero-order chi connectivity index (χ0) is 15.9. The van der Waals surface area contributed by atoms with Crippen LogP contribution in [0.3, 0.4) is 0 Å². The van der Waals surface area contributed by atoms with Gasteiger partial charge in [-0.1, -0.05) is 6.07 Å². The first kappa shape index (κ1) is 25.4. The molecule has 0 radical (unpaired) electrons. The van der Waals surface area contributed by atoms with Crippen molar-refractivity contribution in [3.63, 3.8) is 0 Å². The summed E-state index contributed by atoms with van der Waals surface area (Å²) in [6.07, 6.45) is 6.87. The first-order chi connectivity index (χ1) is 11.3. The Bertz CT molecular complexity index is 492. The maximum Gasteiger partial charge on any atom is 0.220 e. The van der Waals surface area contributed by atoms with Crippen LogP contribution in [0.1, 0.15) is 37.8 Å². The van der Waals surface area contributed by atoms with Crippen molar-refractivity contribution < 1.29 is 4.79 Å². The van der Waals surface area contributed by atoms with E-state index in [9.17, 15) is 4.79 Å². The van der Waals surface area contributed by atoms with Crippen LogP contribution < -0.4 is 10.6 Å². The van der Waals surface area contributed by atoms with E-state index in [1.165, 1.54) is 6.42 Å². The molecule has 0 saturated carbocycles. The van der Waals surface area contributed by atoms with Gasteiger partial charge in [0.2, 0.25) is 5.91 Å². The molecule has 1 amide bonds. The van der Waals surface area contributed by atoms with Crippen molar-refractivity contribution in [3.05, 3.63) is 30.1 Å². The average Bonchev–Trinajstić information content (AvgIpc) is 3.09. The van der Waals surface area contributed by atoms with E-state index in [1.807, 2.05) is 18.3 Å². The molecule has 1 aromatic rings. The Labute approximate surface area is 175 Å². The Morgan fingerprint density at radius 2 is 1.96 bits per heavy atom. The summed E-state index contributed by atoms with van der Waals surface area (Å²) in [5, 5.41) is 6.59. The molecule has 2 fully saturated rings. The van der Waals surface area contributed by atoms with Gasteiger partial charge < -0.3 is 10.6 Å². The van der Waals surface area contributed by atoms with E-state index in [2.05, 4.69) is 26.6 Å². The molecule has 0 bridgehead atoms. The lowest BCUT2D eigenvalue weighted by atomic mass is 10.0.